The van der Waals surface area contributed by atoms with Crippen LogP contribution in [0, 0.1) is 40.0 Å². The number of hydrogen-bond acceptors (Lipinski definition) is 2. The minimum Gasteiger partial charge on any atom is -0.449 e. The van der Waals surface area contributed by atoms with Crippen molar-refractivity contribution in [3.05, 3.63) is 33.4 Å². The van der Waals surface area contributed by atoms with Crippen LogP contribution < -0.4 is 5.32 Å². The van der Waals surface area contributed by atoms with E-state index in [0.29, 0.717) is 6.61 Å². The van der Waals surface area contributed by atoms with E-state index in [2.05, 4.69) is 53.8 Å². The molecule has 0 radical (unpaired) electrons. The maximum Gasteiger partial charge on any atom is 0.407 e. The second-order valence-corrected chi connectivity index (χ2v) is 6.68. The lowest BCUT2D eigenvalue weighted by atomic mass is 9.75. The summed E-state index contributed by atoms with van der Waals surface area (Å²) in [5.41, 5.74) is 7.70. The lowest BCUT2D eigenvalue weighted by molar-refractivity contribution is 0.0384. The highest BCUT2D eigenvalue weighted by atomic mass is 16.6. The number of amides is 1. The molecule has 0 bridgehead atoms. The van der Waals surface area contributed by atoms with Gasteiger partial charge in [0.05, 0.1) is 6.04 Å². The van der Waals surface area contributed by atoms with Gasteiger partial charge in [0.25, 0.3) is 0 Å². The Morgan fingerprint density at radius 1 is 0.950 bits per heavy atom. The Bertz CT molecular complexity index is 544. The van der Waals surface area contributed by atoms with E-state index in [1.807, 2.05) is 0 Å². The number of carbonyl (C=O) groups is 1. The zero-order chi connectivity index (χ0) is 15.2. The third kappa shape index (κ3) is 2.19. The fraction of sp³-hybridized carbons (Fsp3) is 0.588. The summed E-state index contributed by atoms with van der Waals surface area (Å²) < 4.78 is 5.16. The van der Waals surface area contributed by atoms with E-state index < -0.39 is 0 Å². The highest BCUT2D eigenvalue weighted by Crippen LogP contribution is 2.41. The molecule has 2 rings (SSSR count). The molecule has 1 amide bonds. The highest BCUT2D eigenvalue weighted by molar-refractivity contribution is 5.69. The van der Waals surface area contributed by atoms with Gasteiger partial charge in [-0.25, -0.2) is 4.79 Å². The molecule has 1 atom stereocenters. The quantitative estimate of drug-likeness (QED) is 0.840. The van der Waals surface area contributed by atoms with Crippen LogP contribution in [-0.2, 0) is 4.74 Å². The van der Waals surface area contributed by atoms with Crippen molar-refractivity contribution in [2.24, 2.45) is 5.41 Å². The van der Waals surface area contributed by atoms with Gasteiger partial charge in [-0.1, -0.05) is 13.8 Å². The molecule has 0 unspecified atom stereocenters. The average Bonchev–Trinajstić information content (AvgIpc) is 2.39. The van der Waals surface area contributed by atoms with E-state index in [4.69, 9.17) is 4.74 Å². The molecule has 1 N–H and O–H groups in total. The summed E-state index contributed by atoms with van der Waals surface area (Å²) in [6.07, 6.45) is -0.316. The third-order valence-electron chi connectivity index (χ3n) is 4.97. The van der Waals surface area contributed by atoms with Gasteiger partial charge in [0.15, 0.2) is 0 Å². The molecule has 1 fully saturated rings. The number of cyclic esters (lactones) is 1. The molecule has 1 aliphatic rings. The van der Waals surface area contributed by atoms with Gasteiger partial charge in [-0.2, -0.15) is 0 Å². The number of carbonyl (C=O) groups excluding carboxylic acids is 1. The van der Waals surface area contributed by atoms with Crippen molar-refractivity contribution in [1.29, 1.82) is 0 Å². The Morgan fingerprint density at radius 3 is 1.90 bits per heavy atom. The topological polar surface area (TPSA) is 38.3 Å². The molecule has 0 spiro atoms. The first kappa shape index (κ1) is 14.9. The van der Waals surface area contributed by atoms with Crippen LogP contribution >= 0.6 is 0 Å². The van der Waals surface area contributed by atoms with E-state index in [1.54, 1.807) is 0 Å². The Morgan fingerprint density at radius 2 is 1.40 bits per heavy atom. The van der Waals surface area contributed by atoms with Crippen molar-refractivity contribution in [2.75, 3.05) is 6.61 Å². The van der Waals surface area contributed by atoms with Gasteiger partial charge in [0.2, 0.25) is 0 Å². The molecule has 1 aromatic rings. The third-order valence-corrected chi connectivity index (χ3v) is 4.97. The summed E-state index contributed by atoms with van der Waals surface area (Å²) in [5, 5.41) is 3.02. The van der Waals surface area contributed by atoms with Crippen molar-refractivity contribution in [3.63, 3.8) is 0 Å². The Kier molecular flexibility index (Phi) is 3.57. The molecule has 1 aromatic carbocycles. The fourth-order valence-corrected chi connectivity index (χ4v) is 3.11. The Hall–Kier alpha value is -1.51. The Labute approximate surface area is 121 Å². The van der Waals surface area contributed by atoms with Crippen molar-refractivity contribution in [2.45, 2.75) is 54.5 Å². The minimum atomic E-state index is -0.316. The molecule has 110 valence electrons. The summed E-state index contributed by atoms with van der Waals surface area (Å²) in [6, 6.07) is 0.00162. The van der Waals surface area contributed by atoms with Crippen LogP contribution in [0.4, 0.5) is 4.79 Å². The van der Waals surface area contributed by atoms with Gasteiger partial charge in [0.1, 0.15) is 6.61 Å². The van der Waals surface area contributed by atoms with Crippen molar-refractivity contribution < 1.29 is 9.53 Å². The lowest BCUT2D eigenvalue weighted by Crippen LogP contribution is -2.47. The smallest absolute Gasteiger partial charge is 0.407 e. The second kappa shape index (κ2) is 4.80. The van der Waals surface area contributed by atoms with Gasteiger partial charge >= 0.3 is 6.09 Å². The van der Waals surface area contributed by atoms with Crippen molar-refractivity contribution in [1.82, 2.24) is 5.32 Å². The van der Waals surface area contributed by atoms with Gasteiger partial charge in [-0.3, -0.25) is 0 Å². The number of hydrogen-bond donors (Lipinski definition) is 1. The molecule has 0 aromatic heterocycles. The van der Waals surface area contributed by atoms with E-state index in [-0.39, 0.29) is 17.6 Å². The van der Waals surface area contributed by atoms with Crippen LogP contribution in [0.15, 0.2) is 0 Å². The molecular weight excluding hydrogens is 250 g/mol. The van der Waals surface area contributed by atoms with Crippen LogP contribution in [-0.4, -0.2) is 12.7 Å². The van der Waals surface area contributed by atoms with Crippen LogP contribution in [0.5, 0.6) is 0 Å². The molecule has 3 heteroatoms. The normalized spacial score (nSPS) is 21.4. The number of rotatable bonds is 1. The highest BCUT2D eigenvalue weighted by Gasteiger charge is 2.39. The average molecular weight is 275 g/mol. The largest absolute Gasteiger partial charge is 0.449 e. The predicted octanol–water partition coefficient (Wildman–Crippen LogP) is 4.04. The van der Waals surface area contributed by atoms with Gasteiger partial charge < -0.3 is 10.1 Å². The van der Waals surface area contributed by atoms with E-state index in [1.165, 1.54) is 33.4 Å². The SMILES string of the molecule is Cc1c(C)c(C)c([C@@H]2NC(=O)OCC2(C)C)c(C)c1C. The van der Waals surface area contributed by atoms with E-state index in [9.17, 15) is 4.79 Å². The minimum absolute atomic E-state index is 0.00162. The first-order valence-electron chi connectivity index (χ1n) is 7.17. The maximum absolute atomic E-state index is 11.7. The van der Waals surface area contributed by atoms with Crippen LogP contribution in [0.1, 0.15) is 53.3 Å². The zero-order valence-electron chi connectivity index (χ0n) is 13.6. The molecular formula is C17H25NO2. The molecule has 20 heavy (non-hydrogen) atoms. The molecule has 1 aliphatic heterocycles. The summed E-state index contributed by atoms with van der Waals surface area (Å²) in [7, 11) is 0. The maximum atomic E-state index is 11.7. The number of alkyl carbamates (subject to hydrolysis) is 1. The summed E-state index contributed by atoms with van der Waals surface area (Å²) >= 11 is 0. The zero-order valence-corrected chi connectivity index (χ0v) is 13.6. The van der Waals surface area contributed by atoms with Gasteiger partial charge in [0, 0.05) is 5.41 Å². The first-order chi connectivity index (χ1) is 9.16. The second-order valence-electron chi connectivity index (χ2n) is 6.68. The molecule has 3 nitrogen and oxygen atoms in total. The predicted molar refractivity (Wildman–Crippen MR) is 81.1 cm³/mol. The molecule has 0 aliphatic carbocycles. The van der Waals surface area contributed by atoms with Crippen LogP contribution in [0.3, 0.4) is 0 Å². The van der Waals surface area contributed by atoms with E-state index >= 15 is 0 Å². The van der Waals surface area contributed by atoms with Crippen molar-refractivity contribution in [3.8, 4) is 0 Å². The number of ether oxygens (including phenoxy) is 1. The number of benzene rings is 1. The van der Waals surface area contributed by atoms with Gasteiger partial charge in [-0.15, -0.1) is 0 Å². The Balaban J connectivity index is 2.65. The van der Waals surface area contributed by atoms with E-state index in [0.717, 1.165) is 0 Å². The first-order valence-corrected chi connectivity index (χ1v) is 7.17. The molecule has 1 saturated heterocycles. The summed E-state index contributed by atoms with van der Waals surface area (Å²) in [5.74, 6) is 0. The van der Waals surface area contributed by atoms with Crippen molar-refractivity contribution >= 4 is 6.09 Å². The number of nitrogens with one attached hydrogen (secondary N) is 1. The monoisotopic (exact) mass is 275 g/mol. The van der Waals surface area contributed by atoms with Crippen LogP contribution in [0.25, 0.3) is 0 Å². The molecule has 0 saturated carbocycles. The van der Waals surface area contributed by atoms with Crippen LogP contribution in [0.2, 0.25) is 0 Å². The molecule has 1 heterocycles. The fourth-order valence-electron chi connectivity index (χ4n) is 3.11. The standard InChI is InChI=1S/C17H25NO2/c1-9-10(2)12(4)14(13(5)11(9)3)15-17(6,7)8-20-16(19)18-15/h15H,8H2,1-7H3,(H,18,19)/t15-/m0/s1. The summed E-state index contributed by atoms with van der Waals surface area (Å²) in [6.45, 7) is 15.5. The summed E-state index contributed by atoms with van der Waals surface area (Å²) in [4.78, 5) is 11.7. The van der Waals surface area contributed by atoms with Gasteiger partial charge in [-0.05, 0) is 68.0 Å². The lowest BCUT2D eigenvalue weighted by Gasteiger charge is -2.40.